The molecule has 0 aliphatic heterocycles. The summed E-state index contributed by atoms with van der Waals surface area (Å²) in [5.74, 6) is 0.552. The average molecular weight is 375 g/mol. The van der Waals surface area contributed by atoms with Crippen molar-refractivity contribution in [2.24, 2.45) is 0 Å². The molecular weight excluding hydrogens is 350 g/mol. The number of hydrogen-bond donors (Lipinski definition) is 1. The Hall–Kier alpha value is -3.27. The van der Waals surface area contributed by atoms with Gasteiger partial charge in [-0.3, -0.25) is 0 Å². The molecule has 0 aromatic heterocycles. The Morgan fingerprint density at radius 1 is 0.821 bits per heavy atom. The highest BCUT2D eigenvalue weighted by Gasteiger charge is 2.26. The molecule has 0 aliphatic carbocycles. The van der Waals surface area contributed by atoms with Crippen molar-refractivity contribution in [2.45, 2.75) is 18.4 Å². The van der Waals surface area contributed by atoms with Gasteiger partial charge in [0, 0.05) is 11.6 Å². The predicted molar refractivity (Wildman–Crippen MR) is 112 cm³/mol. The normalized spacial score (nSPS) is 11.7. The third kappa shape index (κ3) is 4.92. The maximum absolute atomic E-state index is 12.5. The van der Waals surface area contributed by atoms with E-state index in [0.29, 0.717) is 6.42 Å². The van der Waals surface area contributed by atoms with Gasteiger partial charge in [0.2, 0.25) is 0 Å². The fourth-order valence-corrected chi connectivity index (χ4v) is 3.32. The molecule has 0 amide bonds. The summed E-state index contributed by atoms with van der Waals surface area (Å²) < 4.78 is 10.3. The quantitative estimate of drug-likeness (QED) is 0.571. The van der Waals surface area contributed by atoms with Gasteiger partial charge in [-0.25, -0.2) is 4.79 Å². The molecule has 4 heteroatoms. The van der Waals surface area contributed by atoms with Crippen LogP contribution in [0.4, 0.5) is 5.69 Å². The number of nitrogens with one attached hydrogen (secondary N) is 1. The first-order valence-electron chi connectivity index (χ1n) is 9.29. The fraction of sp³-hybridized carbons (Fsp3) is 0.208. The Labute approximate surface area is 166 Å². The van der Waals surface area contributed by atoms with Gasteiger partial charge < -0.3 is 14.8 Å². The van der Waals surface area contributed by atoms with Gasteiger partial charge in [0.05, 0.1) is 14.2 Å². The number of rotatable bonds is 8. The number of hydrogen-bond acceptors (Lipinski definition) is 4. The lowest BCUT2D eigenvalue weighted by Gasteiger charge is -2.24. The Morgan fingerprint density at radius 3 is 1.82 bits per heavy atom. The fourth-order valence-electron chi connectivity index (χ4n) is 3.32. The van der Waals surface area contributed by atoms with Crippen LogP contribution < -0.4 is 10.1 Å². The van der Waals surface area contributed by atoms with Crippen LogP contribution in [0, 0.1) is 0 Å². The van der Waals surface area contributed by atoms with Crippen molar-refractivity contribution in [1.29, 1.82) is 0 Å². The van der Waals surface area contributed by atoms with Crippen LogP contribution in [0.2, 0.25) is 0 Å². The van der Waals surface area contributed by atoms with E-state index in [-0.39, 0.29) is 11.9 Å². The van der Waals surface area contributed by atoms with E-state index in [4.69, 9.17) is 9.47 Å². The smallest absolute Gasteiger partial charge is 0.328 e. The monoisotopic (exact) mass is 375 g/mol. The molecule has 1 atom stereocenters. The van der Waals surface area contributed by atoms with Gasteiger partial charge in [-0.15, -0.1) is 0 Å². The Kier molecular flexibility index (Phi) is 6.68. The van der Waals surface area contributed by atoms with Crippen molar-refractivity contribution in [3.8, 4) is 5.75 Å². The summed E-state index contributed by atoms with van der Waals surface area (Å²) in [5, 5.41) is 3.32. The van der Waals surface area contributed by atoms with Gasteiger partial charge in [0.15, 0.2) is 0 Å². The molecule has 0 bridgehead atoms. The number of methoxy groups -OCH3 is 2. The van der Waals surface area contributed by atoms with E-state index in [1.807, 2.05) is 60.7 Å². The molecule has 1 N–H and O–H groups in total. The van der Waals surface area contributed by atoms with Crippen molar-refractivity contribution >= 4 is 11.7 Å². The van der Waals surface area contributed by atoms with Crippen LogP contribution in [0.3, 0.4) is 0 Å². The van der Waals surface area contributed by atoms with Crippen LogP contribution >= 0.6 is 0 Å². The summed E-state index contributed by atoms with van der Waals surface area (Å²) in [6.07, 6.45) is 0.576. The summed E-state index contributed by atoms with van der Waals surface area (Å²) in [5.41, 5.74) is 3.18. The van der Waals surface area contributed by atoms with E-state index in [2.05, 4.69) is 29.6 Å². The minimum atomic E-state index is -0.483. The highest BCUT2D eigenvalue weighted by atomic mass is 16.5. The third-order valence-corrected chi connectivity index (χ3v) is 4.79. The minimum absolute atomic E-state index is 0.0669. The number of ether oxygens (including phenoxy) is 2. The largest absolute Gasteiger partial charge is 0.497 e. The van der Waals surface area contributed by atoms with Crippen LogP contribution in [0.1, 0.15) is 23.5 Å². The van der Waals surface area contributed by atoms with Crippen molar-refractivity contribution in [1.82, 2.24) is 0 Å². The van der Waals surface area contributed by atoms with Crippen LogP contribution in [0.15, 0.2) is 84.9 Å². The van der Waals surface area contributed by atoms with Crippen molar-refractivity contribution in [3.05, 3.63) is 96.1 Å². The summed E-state index contributed by atoms with van der Waals surface area (Å²) in [7, 11) is 3.05. The average Bonchev–Trinajstić information content (AvgIpc) is 2.77. The van der Waals surface area contributed by atoms with Crippen molar-refractivity contribution < 1.29 is 14.3 Å². The second kappa shape index (κ2) is 9.60. The lowest BCUT2D eigenvalue weighted by atomic mass is 9.86. The van der Waals surface area contributed by atoms with E-state index in [0.717, 1.165) is 11.4 Å². The second-order valence-electron chi connectivity index (χ2n) is 6.56. The number of carbonyl (C=O) groups is 1. The minimum Gasteiger partial charge on any atom is -0.497 e. The molecule has 3 aromatic carbocycles. The van der Waals surface area contributed by atoms with Gasteiger partial charge in [-0.2, -0.15) is 0 Å². The van der Waals surface area contributed by atoms with Gasteiger partial charge in [-0.05, 0) is 41.8 Å². The molecule has 28 heavy (non-hydrogen) atoms. The summed E-state index contributed by atoms with van der Waals surface area (Å²) in [6, 6.07) is 27.5. The molecule has 0 spiro atoms. The highest BCUT2D eigenvalue weighted by Crippen LogP contribution is 2.30. The molecule has 0 radical (unpaired) electrons. The Balaban J connectivity index is 1.88. The van der Waals surface area contributed by atoms with Crippen LogP contribution in [-0.2, 0) is 9.53 Å². The Morgan fingerprint density at radius 2 is 1.36 bits per heavy atom. The van der Waals surface area contributed by atoms with Gasteiger partial charge in [0.25, 0.3) is 0 Å². The predicted octanol–water partition coefficient (Wildman–Crippen LogP) is 4.87. The number of carbonyl (C=O) groups excluding carboxylic acids is 1. The molecule has 144 valence electrons. The molecule has 3 aromatic rings. The SMILES string of the molecule is COC(=O)C(CC(c1ccccc1)c1ccccc1)Nc1ccc(OC)cc1. The topological polar surface area (TPSA) is 47.6 Å². The second-order valence-corrected chi connectivity index (χ2v) is 6.56. The molecule has 3 rings (SSSR count). The molecule has 0 saturated heterocycles. The molecule has 0 saturated carbocycles. The van der Waals surface area contributed by atoms with Crippen LogP contribution in [-0.4, -0.2) is 26.2 Å². The van der Waals surface area contributed by atoms with Gasteiger partial charge in [0.1, 0.15) is 11.8 Å². The lowest BCUT2D eigenvalue weighted by molar-refractivity contribution is -0.141. The first kappa shape index (κ1) is 19.5. The highest BCUT2D eigenvalue weighted by molar-refractivity contribution is 5.79. The zero-order valence-corrected chi connectivity index (χ0v) is 16.2. The van der Waals surface area contributed by atoms with E-state index in [1.54, 1.807) is 7.11 Å². The molecule has 0 heterocycles. The maximum Gasteiger partial charge on any atom is 0.328 e. The number of esters is 1. The first-order chi connectivity index (χ1) is 13.7. The van der Waals surface area contributed by atoms with Crippen molar-refractivity contribution in [2.75, 3.05) is 19.5 Å². The number of anilines is 1. The molecule has 0 aliphatic rings. The van der Waals surface area contributed by atoms with E-state index in [1.165, 1.54) is 18.2 Å². The van der Waals surface area contributed by atoms with Crippen LogP contribution in [0.25, 0.3) is 0 Å². The molecule has 4 nitrogen and oxygen atoms in total. The Bertz CT molecular complexity index is 824. The van der Waals surface area contributed by atoms with Crippen LogP contribution in [0.5, 0.6) is 5.75 Å². The summed E-state index contributed by atoms with van der Waals surface area (Å²) in [6.45, 7) is 0. The third-order valence-electron chi connectivity index (χ3n) is 4.79. The zero-order chi connectivity index (χ0) is 19.8. The summed E-state index contributed by atoms with van der Waals surface area (Å²) in [4.78, 5) is 12.5. The molecule has 0 fully saturated rings. The molecule has 1 unspecified atom stereocenters. The van der Waals surface area contributed by atoms with E-state index >= 15 is 0 Å². The van der Waals surface area contributed by atoms with E-state index in [9.17, 15) is 4.79 Å². The van der Waals surface area contributed by atoms with E-state index < -0.39 is 6.04 Å². The summed E-state index contributed by atoms with van der Waals surface area (Å²) >= 11 is 0. The van der Waals surface area contributed by atoms with Gasteiger partial charge >= 0.3 is 5.97 Å². The standard InChI is InChI=1S/C24H25NO3/c1-27-21-15-13-20(14-16-21)25-23(24(26)28-2)17-22(18-9-5-3-6-10-18)19-11-7-4-8-12-19/h3-16,22-23,25H,17H2,1-2H3. The van der Waals surface area contributed by atoms with Gasteiger partial charge in [-0.1, -0.05) is 60.7 Å². The van der Waals surface area contributed by atoms with Crippen molar-refractivity contribution in [3.63, 3.8) is 0 Å². The first-order valence-corrected chi connectivity index (χ1v) is 9.29. The number of benzene rings is 3. The maximum atomic E-state index is 12.5. The molecular formula is C24H25NO3. The lowest BCUT2D eigenvalue weighted by Crippen LogP contribution is -2.32. The zero-order valence-electron chi connectivity index (χ0n) is 16.2.